The van der Waals surface area contributed by atoms with Crippen molar-refractivity contribution in [2.75, 3.05) is 23.3 Å². The number of carboxylic acid groups (broad SMARTS) is 1. The molecule has 1 saturated heterocycles. The molecule has 1 fully saturated rings. The fourth-order valence-corrected chi connectivity index (χ4v) is 3.44. The van der Waals surface area contributed by atoms with Crippen molar-refractivity contribution in [1.29, 1.82) is 0 Å². The molecule has 9 nitrogen and oxygen atoms in total. The van der Waals surface area contributed by atoms with Gasteiger partial charge in [0.05, 0.1) is 6.04 Å². The Morgan fingerprint density at radius 1 is 1.09 bits per heavy atom. The summed E-state index contributed by atoms with van der Waals surface area (Å²) < 4.78 is 31.7. The van der Waals surface area contributed by atoms with Gasteiger partial charge in [0.25, 0.3) is 5.91 Å². The van der Waals surface area contributed by atoms with Gasteiger partial charge in [0, 0.05) is 36.4 Å². The highest BCUT2D eigenvalue weighted by Crippen LogP contribution is 2.22. The lowest BCUT2D eigenvalue weighted by atomic mass is 9.99. The van der Waals surface area contributed by atoms with Crippen LogP contribution in [0.2, 0.25) is 0 Å². The van der Waals surface area contributed by atoms with Crippen LogP contribution in [0.1, 0.15) is 22.3 Å². The van der Waals surface area contributed by atoms with E-state index >= 15 is 0 Å². The molecule has 2 aromatic carbocycles. The monoisotopic (exact) mass is 478 g/mol. The standard InChI is InChI=1S/C20H20N4O3.C2HF3O2/c25-18-8-9-24(20(27)23-18)16-6-3-5-14(11-16)19(26)22-15-10-13-4-1-2-7-17(13)21-12-15;3-2(4,5)1(6)7/h1-7,11,15,21H,8-10,12H2,(H,22,26)(H,23,25,27);(H,6,7). The van der Waals surface area contributed by atoms with Gasteiger partial charge in [-0.3, -0.25) is 19.8 Å². The third kappa shape index (κ3) is 6.24. The van der Waals surface area contributed by atoms with Crippen LogP contribution in [-0.4, -0.2) is 54.2 Å². The molecule has 2 aliphatic rings. The van der Waals surface area contributed by atoms with Crippen molar-refractivity contribution in [3.05, 3.63) is 59.7 Å². The summed E-state index contributed by atoms with van der Waals surface area (Å²) in [5.74, 6) is -3.22. The molecule has 4 N–H and O–H groups in total. The van der Waals surface area contributed by atoms with Gasteiger partial charge >= 0.3 is 18.2 Å². The number of amides is 4. The largest absolute Gasteiger partial charge is 0.490 e. The molecule has 0 bridgehead atoms. The normalized spacial score (nSPS) is 17.4. The Morgan fingerprint density at radius 3 is 2.47 bits per heavy atom. The van der Waals surface area contributed by atoms with E-state index in [1.807, 2.05) is 18.2 Å². The topological polar surface area (TPSA) is 128 Å². The fourth-order valence-electron chi connectivity index (χ4n) is 3.44. The molecule has 2 heterocycles. The Labute approximate surface area is 191 Å². The number of carbonyl (C=O) groups is 4. The highest BCUT2D eigenvalue weighted by Gasteiger charge is 2.38. The number of carboxylic acids is 1. The maximum Gasteiger partial charge on any atom is 0.490 e. The number of nitrogens with one attached hydrogen (secondary N) is 3. The first-order valence-electron chi connectivity index (χ1n) is 10.2. The number of aliphatic carboxylic acids is 1. The van der Waals surface area contributed by atoms with E-state index in [-0.39, 0.29) is 24.3 Å². The van der Waals surface area contributed by atoms with Crippen LogP contribution in [0.3, 0.4) is 0 Å². The third-order valence-electron chi connectivity index (χ3n) is 5.07. The zero-order valence-electron chi connectivity index (χ0n) is 17.7. The van der Waals surface area contributed by atoms with Crippen molar-refractivity contribution in [3.8, 4) is 0 Å². The van der Waals surface area contributed by atoms with Crippen molar-refractivity contribution in [1.82, 2.24) is 10.6 Å². The lowest BCUT2D eigenvalue weighted by Gasteiger charge is -2.28. The van der Waals surface area contributed by atoms with E-state index in [0.717, 1.165) is 12.1 Å². The molecule has 0 aliphatic carbocycles. The van der Waals surface area contributed by atoms with Crippen molar-refractivity contribution < 1.29 is 37.5 Å². The number of nitrogens with zero attached hydrogens (tertiary/aromatic N) is 1. The summed E-state index contributed by atoms with van der Waals surface area (Å²) >= 11 is 0. The number of rotatable bonds is 3. The van der Waals surface area contributed by atoms with E-state index in [4.69, 9.17) is 9.90 Å². The number of anilines is 2. The second-order valence-corrected chi connectivity index (χ2v) is 7.52. The summed E-state index contributed by atoms with van der Waals surface area (Å²) in [6.07, 6.45) is -4.07. The Kier molecular flexibility index (Phi) is 7.39. The summed E-state index contributed by atoms with van der Waals surface area (Å²) in [5.41, 5.74) is 3.36. The van der Waals surface area contributed by atoms with Gasteiger partial charge in [0.1, 0.15) is 0 Å². The lowest BCUT2D eigenvalue weighted by Crippen LogP contribution is -2.49. The Morgan fingerprint density at radius 2 is 1.79 bits per heavy atom. The molecule has 0 saturated carbocycles. The molecule has 1 atom stereocenters. The molecule has 0 aromatic heterocycles. The number of halogens is 3. The van der Waals surface area contributed by atoms with Crippen LogP contribution >= 0.6 is 0 Å². The van der Waals surface area contributed by atoms with Crippen LogP contribution in [0.4, 0.5) is 29.3 Å². The van der Waals surface area contributed by atoms with Crippen LogP contribution in [0.15, 0.2) is 48.5 Å². The van der Waals surface area contributed by atoms with E-state index in [1.165, 1.54) is 10.5 Å². The third-order valence-corrected chi connectivity index (χ3v) is 5.07. The fraction of sp³-hybridized carbons (Fsp3) is 0.273. The van der Waals surface area contributed by atoms with Crippen molar-refractivity contribution in [2.45, 2.75) is 25.1 Å². The molecule has 180 valence electrons. The zero-order chi connectivity index (χ0) is 24.9. The van der Waals surface area contributed by atoms with Crippen molar-refractivity contribution >= 4 is 35.2 Å². The first-order valence-corrected chi connectivity index (χ1v) is 10.2. The average molecular weight is 478 g/mol. The highest BCUT2D eigenvalue weighted by molar-refractivity contribution is 6.06. The number of benzene rings is 2. The van der Waals surface area contributed by atoms with Crippen molar-refractivity contribution in [3.63, 3.8) is 0 Å². The number of para-hydroxylation sites is 1. The molecule has 4 rings (SSSR count). The summed E-state index contributed by atoms with van der Waals surface area (Å²) in [6.45, 7) is 0.970. The van der Waals surface area contributed by atoms with Crippen molar-refractivity contribution in [2.24, 2.45) is 0 Å². The van der Waals surface area contributed by atoms with E-state index in [9.17, 15) is 27.6 Å². The number of urea groups is 1. The predicted octanol–water partition coefficient (Wildman–Crippen LogP) is 2.53. The van der Waals surface area contributed by atoms with Gasteiger partial charge in [-0.25, -0.2) is 9.59 Å². The Balaban J connectivity index is 0.000000406. The van der Waals surface area contributed by atoms with Gasteiger partial charge in [0.15, 0.2) is 0 Å². The van der Waals surface area contributed by atoms with Crippen LogP contribution in [-0.2, 0) is 16.0 Å². The SMILES string of the molecule is O=C(O)C(F)(F)F.O=C1CCN(c2cccc(C(=O)NC3CNc4ccccc4C3)c2)C(=O)N1. The maximum absolute atomic E-state index is 12.7. The molecule has 2 aromatic rings. The smallest absolute Gasteiger partial charge is 0.475 e. The van der Waals surface area contributed by atoms with Gasteiger partial charge in [-0.2, -0.15) is 13.2 Å². The number of carbonyl (C=O) groups excluding carboxylic acids is 3. The zero-order valence-corrected chi connectivity index (χ0v) is 17.7. The minimum atomic E-state index is -5.08. The summed E-state index contributed by atoms with van der Waals surface area (Å²) in [6, 6.07) is 14.5. The molecule has 12 heteroatoms. The van der Waals surface area contributed by atoms with Crippen LogP contribution in [0.25, 0.3) is 0 Å². The van der Waals surface area contributed by atoms with Gasteiger partial charge < -0.3 is 15.7 Å². The van der Waals surface area contributed by atoms with Crippen LogP contribution in [0.5, 0.6) is 0 Å². The van der Waals surface area contributed by atoms with E-state index in [2.05, 4.69) is 22.0 Å². The Hall–Kier alpha value is -4.09. The maximum atomic E-state index is 12.7. The van der Waals surface area contributed by atoms with Gasteiger partial charge in [-0.05, 0) is 36.2 Å². The second-order valence-electron chi connectivity index (χ2n) is 7.52. The first kappa shape index (κ1) is 24.6. The minimum Gasteiger partial charge on any atom is -0.475 e. The van der Waals surface area contributed by atoms with Crippen LogP contribution < -0.4 is 20.9 Å². The lowest BCUT2D eigenvalue weighted by molar-refractivity contribution is -0.192. The summed E-state index contributed by atoms with van der Waals surface area (Å²) in [5, 5.41) is 15.8. The minimum absolute atomic E-state index is 0.00744. The first-order chi connectivity index (χ1) is 16.0. The van der Waals surface area contributed by atoms with Gasteiger partial charge in [-0.1, -0.05) is 24.3 Å². The van der Waals surface area contributed by atoms with E-state index < -0.39 is 18.2 Å². The van der Waals surface area contributed by atoms with E-state index in [0.29, 0.717) is 24.3 Å². The second kappa shape index (κ2) is 10.2. The highest BCUT2D eigenvalue weighted by atomic mass is 19.4. The molecule has 1 unspecified atom stereocenters. The number of fused-ring (bicyclic) bond motifs is 1. The molecular weight excluding hydrogens is 457 g/mol. The average Bonchev–Trinajstić information content (AvgIpc) is 2.79. The van der Waals surface area contributed by atoms with Crippen LogP contribution in [0, 0.1) is 0 Å². The summed E-state index contributed by atoms with van der Waals surface area (Å²) in [7, 11) is 0. The van der Waals surface area contributed by atoms with E-state index in [1.54, 1.807) is 24.3 Å². The quantitative estimate of drug-likeness (QED) is 0.537. The predicted molar refractivity (Wildman–Crippen MR) is 116 cm³/mol. The molecule has 4 amide bonds. The van der Waals surface area contributed by atoms with Gasteiger partial charge in [-0.15, -0.1) is 0 Å². The van der Waals surface area contributed by atoms with Gasteiger partial charge in [0.2, 0.25) is 5.91 Å². The number of imide groups is 1. The number of alkyl halides is 3. The molecule has 34 heavy (non-hydrogen) atoms. The number of hydrogen-bond acceptors (Lipinski definition) is 5. The molecule has 0 radical (unpaired) electrons. The molecule has 2 aliphatic heterocycles. The Bertz CT molecular complexity index is 1110. The molecule has 0 spiro atoms. The summed E-state index contributed by atoms with van der Waals surface area (Å²) in [4.78, 5) is 46.4. The number of hydrogen-bond donors (Lipinski definition) is 4. The molecular formula is C22H21F3N4O5.